The van der Waals surface area contributed by atoms with E-state index in [4.69, 9.17) is 0 Å². The summed E-state index contributed by atoms with van der Waals surface area (Å²) in [5.41, 5.74) is 3.80. The lowest BCUT2D eigenvalue weighted by Crippen LogP contribution is -2.23. The highest BCUT2D eigenvalue weighted by Gasteiger charge is 2.15. The van der Waals surface area contributed by atoms with Crippen molar-refractivity contribution in [2.45, 2.75) is 25.3 Å². The molecule has 0 atom stereocenters. The summed E-state index contributed by atoms with van der Waals surface area (Å²) in [6.45, 7) is 4.00. The number of sulfonamides is 1. The summed E-state index contributed by atoms with van der Waals surface area (Å²) in [6, 6.07) is 16.9. The van der Waals surface area contributed by atoms with Gasteiger partial charge in [0.25, 0.3) is 5.91 Å². The molecule has 144 valence electrons. The number of benzene rings is 2. The number of aromatic nitrogens is 1. The maximum atomic E-state index is 12.4. The molecular formula is C21H21N3O3S. The van der Waals surface area contributed by atoms with Crippen molar-refractivity contribution in [3.05, 3.63) is 89.2 Å². The molecule has 0 unspecified atom stereocenters. The molecule has 2 aromatic carbocycles. The Morgan fingerprint density at radius 1 is 1.00 bits per heavy atom. The number of amides is 1. The van der Waals surface area contributed by atoms with Crippen molar-refractivity contribution >= 4 is 21.6 Å². The number of pyridine rings is 1. The summed E-state index contributed by atoms with van der Waals surface area (Å²) in [5.74, 6) is -0.294. The highest BCUT2D eigenvalue weighted by atomic mass is 32.2. The summed E-state index contributed by atoms with van der Waals surface area (Å²) in [6.07, 6.45) is 1.60. The van der Waals surface area contributed by atoms with E-state index in [0.29, 0.717) is 11.3 Å². The lowest BCUT2D eigenvalue weighted by Gasteiger charge is -2.10. The molecule has 0 saturated carbocycles. The number of hydrogen-bond acceptors (Lipinski definition) is 4. The van der Waals surface area contributed by atoms with E-state index in [1.807, 2.05) is 32.0 Å². The van der Waals surface area contributed by atoms with E-state index in [9.17, 15) is 13.2 Å². The first-order valence-corrected chi connectivity index (χ1v) is 10.2. The van der Waals surface area contributed by atoms with Crippen molar-refractivity contribution in [2.24, 2.45) is 0 Å². The van der Waals surface area contributed by atoms with E-state index in [1.165, 1.54) is 24.3 Å². The smallest absolute Gasteiger partial charge is 0.255 e. The molecule has 3 rings (SSSR count). The monoisotopic (exact) mass is 395 g/mol. The second kappa shape index (κ2) is 8.33. The number of aryl methyl sites for hydroxylation is 2. The molecule has 0 spiro atoms. The molecular weight excluding hydrogens is 374 g/mol. The average Bonchev–Trinajstić information content (AvgIpc) is 2.69. The van der Waals surface area contributed by atoms with Crippen LogP contribution in [-0.4, -0.2) is 19.3 Å². The Hall–Kier alpha value is -3.03. The van der Waals surface area contributed by atoms with Gasteiger partial charge in [0.05, 0.1) is 17.1 Å². The van der Waals surface area contributed by atoms with Crippen LogP contribution in [-0.2, 0) is 16.6 Å². The maximum absolute atomic E-state index is 12.4. The van der Waals surface area contributed by atoms with Gasteiger partial charge in [-0.15, -0.1) is 0 Å². The van der Waals surface area contributed by atoms with Gasteiger partial charge in [-0.05, 0) is 61.9 Å². The van der Waals surface area contributed by atoms with Crippen LogP contribution in [0.1, 0.15) is 27.2 Å². The van der Waals surface area contributed by atoms with E-state index < -0.39 is 10.0 Å². The van der Waals surface area contributed by atoms with Crippen LogP contribution in [0.3, 0.4) is 0 Å². The zero-order chi connectivity index (χ0) is 20.1. The molecule has 0 fully saturated rings. The van der Waals surface area contributed by atoms with Crippen LogP contribution in [0.4, 0.5) is 5.69 Å². The predicted octanol–water partition coefficient (Wildman–Crippen LogP) is 3.43. The summed E-state index contributed by atoms with van der Waals surface area (Å²) in [7, 11) is -3.69. The quantitative estimate of drug-likeness (QED) is 0.669. The number of nitrogens with one attached hydrogen (secondary N) is 2. The van der Waals surface area contributed by atoms with Crippen molar-refractivity contribution in [1.82, 2.24) is 9.71 Å². The van der Waals surface area contributed by atoms with Crippen molar-refractivity contribution in [2.75, 3.05) is 5.32 Å². The fraction of sp³-hybridized carbons (Fsp3) is 0.143. The topological polar surface area (TPSA) is 88.2 Å². The molecule has 6 nitrogen and oxygen atoms in total. The molecule has 0 aliphatic rings. The van der Waals surface area contributed by atoms with Crippen molar-refractivity contribution in [3.8, 4) is 0 Å². The van der Waals surface area contributed by atoms with E-state index in [0.717, 1.165) is 16.8 Å². The van der Waals surface area contributed by atoms with Crippen molar-refractivity contribution in [1.29, 1.82) is 0 Å². The van der Waals surface area contributed by atoms with Gasteiger partial charge in [-0.25, -0.2) is 13.1 Å². The Labute approximate surface area is 164 Å². The van der Waals surface area contributed by atoms with E-state index >= 15 is 0 Å². The van der Waals surface area contributed by atoms with Crippen LogP contribution in [0.5, 0.6) is 0 Å². The Kier molecular flexibility index (Phi) is 5.87. The van der Waals surface area contributed by atoms with Gasteiger partial charge in [0.15, 0.2) is 0 Å². The summed E-state index contributed by atoms with van der Waals surface area (Å²) in [4.78, 5) is 16.6. The van der Waals surface area contributed by atoms with Crippen LogP contribution in [0, 0.1) is 13.8 Å². The fourth-order valence-electron chi connectivity index (χ4n) is 2.69. The van der Waals surface area contributed by atoms with Gasteiger partial charge < -0.3 is 5.32 Å². The molecule has 0 aliphatic carbocycles. The third-order valence-electron chi connectivity index (χ3n) is 4.23. The van der Waals surface area contributed by atoms with Gasteiger partial charge >= 0.3 is 0 Å². The molecule has 0 saturated heterocycles. The maximum Gasteiger partial charge on any atom is 0.255 e. The van der Waals surface area contributed by atoms with E-state index in [-0.39, 0.29) is 17.3 Å². The second-order valence-electron chi connectivity index (χ2n) is 6.44. The van der Waals surface area contributed by atoms with Crippen molar-refractivity contribution < 1.29 is 13.2 Å². The molecule has 0 radical (unpaired) electrons. The predicted molar refractivity (Wildman–Crippen MR) is 109 cm³/mol. The summed E-state index contributed by atoms with van der Waals surface area (Å²) >= 11 is 0. The van der Waals surface area contributed by atoms with Gasteiger partial charge in [0, 0.05) is 17.4 Å². The summed E-state index contributed by atoms with van der Waals surface area (Å²) in [5, 5.41) is 2.85. The third-order valence-corrected chi connectivity index (χ3v) is 5.64. The molecule has 28 heavy (non-hydrogen) atoms. The SMILES string of the molecule is Cc1ccc(NC(=O)c2ccc(S(=O)(=O)NCc3ccccn3)cc2)c(C)c1. The molecule has 2 N–H and O–H groups in total. The number of hydrogen-bond donors (Lipinski definition) is 2. The fourth-order valence-corrected chi connectivity index (χ4v) is 3.69. The highest BCUT2D eigenvalue weighted by molar-refractivity contribution is 7.89. The minimum absolute atomic E-state index is 0.0893. The minimum atomic E-state index is -3.69. The lowest BCUT2D eigenvalue weighted by atomic mass is 10.1. The first kappa shape index (κ1) is 19.7. The molecule has 1 heterocycles. The van der Waals surface area contributed by atoms with Gasteiger partial charge in [-0.3, -0.25) is 9.78 Å². The highest BCUT2D eigenvalue weighted by Crippen LogP contribution is 2.18. The molecule has 0 aliphatic heterocycles. The largest absolute Gasteiger partial charge is 0.322 e. The first-order chi connectivity index (χ1) is 13.3. The Balaban J connectivity index is 1.69. The lowest BCUT2D eigenvalue weighted by molar-refractivity contribution is 0.102. The minimum Gasteiger partial charge on any atom is -0.322 e. The normalized spacial score (nSPS) is 11.2. The van der Waals surface area contributed by atoms with Gasteiger partial charge in [-0.2, -0.15) is 0 Å². The number of anilines is 1. The first-order valence-electron chi connectivity index (χ1n) is 8.73. The number of nitrogens with zero attached hydrogens (tertiary/aromatic N) is 1. The molecule has 0 bridgehead atoms. The molecule has 1 aromatic heterocycles. The Morgan fingerprint density at radius 2 is 1.75 bits per heavy atom. The van der Waals surface area contributed by atoms with Crippen LogP contribution in [0.25, 0.3) is 0 Å². The van der Waals surface area contributed by atoms with Gasteiger partial charge in [-0.1, -0.05) is 23.8 Å². The van der Waals surface area contributed by atoms with Crippen LogP contribution in [0.2, 0.25) is 0 Å². The number of rotatable bonds is 6. The van der Waals surface area contributed by atoms with Gasteiger partial charge in [0.1, 0.15) is 0 Å². The third kappa shape index (κ3) is 4.82. The zero-order valence-corrected chi connectivity index (χ0v) is 16.5. The molecule has 7 heteroatoms. The molecule has 3 aromatic rings. The van der Waals surface area contributed by atoms with Crippen LogP contribution < -0.4 is 10.0 Å². The molecule has 1 amide bonds. The summed E-state index contributed by atoms with van der Waals surface area (Å²) < 4.78 is 27.3. The van der Waals surface area contributed by atoms with Crippen LogP contribution in [0.15, 0.2) is 71.8 Å². The number of carbonyl (C=O) groups excluding carboxylic acids is 1. The van der Waals surface area contributed by atoms with E-state index in [1.54, 1.807) is 24.4 Å². The Morgan fingerprint density at radius 3 is 2.39 bits per heavy atom. The van der Waals surface area contributed by atoms with Crippen LogP contribution >= 0.6 is 0 Å². The van der Waals surface area contributed by atoms with Gasteiger partial charge in [0.2, 0.25) is 10.0 Å². The second-order valence-corrected chi connectivity index (χ2v) is 8.21. The van der Waals surface area contributed by atoms with E-state index in [2.05, 4.69) is 15.0 Å². The Bertz CT molecular complexity index is 1080. The standard InChI is InChI=1S/C21H21N3O3S/c1-15-6-11-20(16(2)13-15)24-21(25)17-7-9-19(10-8-17)28(26,27)23-14-18-5-3-4-12-22-18/h3-13,23H,14H2,1-2H3,(H,24,25). The zero-order valence-electron chi connectivity index (χ0n) is 15.6. The average molecular weight is 395 g/mol. The van der Waals surface area contributed by atoms with Crippen molar-refractivity contribution in [3.63, 3.8) is 0 Å². The number of carbonyl (C=O) groups is 1.